The number of hydrogen-bond donors (Lipinski definition) is 1. The molecule has 2 nitrogen and oxygen atoms in total. The Morgan fingerprint density at radius 3 is 2.50 bits per heavy atom. The van der Waals surface area contributed by atoms with Crippen molar-refractivity contribution in [2.45, 2.75) is 20.0 Å². The first-order chi connectivity index (χ1) is 8.52. The molecule has 0 aliphatic carbocycles. The molecule has 0 saturated heterocycles. The Morgan fingerprint density at radius 2 is 2.00 bits per heavy atom. The second kappa shape index (κ2) is 5.08. The maximum absolute atomic E-state index is 13.9. The summed E-state index contributed by atoms with van der Waals surface area (Å²) in [5.41, 5.74) is 1.26. The van der Waals surface area contributed by atoms with Gasteiger partial charge >= 0.3 is 0 Å². The first-order valence-electron chi connectivity index (χ1n) is 5.61. The second-order valence-electron chi connectivity index (χ2n) is 4.19. The summed E-state index contributed by atoms with van der Waals surface area (Å²) in [5, 5.41) is 10.3. The molecule has 0 radical (unpaired) electrons. The standard InChI is InChI=1S/C14H15FO2S/c1-8-6-9(2)18-14(8)13(16)11-5-4-10(17-3)7-12(11)15/h4-7,13,16H,1-3H3. The lowest BCUT2D eigenvalue weighted by Crippen LogP contribution is -2.02. The average molecular weight is 266 g/mol. The van der Waals surface area contributed by atoms with Gasteiger partial charge in [-0.15, -0.1) is 11.3 Å². The molecular weight excluding hydrogens is 251 g/mol. The van der Waals surface area contributed by atoms with Crippen LogP contribution in [0.25, 0.3) is 0 Å². The fourth-order valence-electron chi connectivity index (χ4n) is 1.93. The van der Waals surface area contributed by atoms with Gasteiger partial charge in [0.15, 0.2) is 0 Å². The summed E-state index contributed by atoms with van der Waals surface area (Å²) in [6.07, 6.45) is -0.922. The molecule has 1 aromatic heterocycles. The summed E-state index contributed by atoms with van der Waals surface area (Å²) >= 11 is 1.49. The van der Waals surface area contributed by atoms with Gasteiger partial charge < -0.3 is 9.84 Å². The van der Waals surface area contributed by atoms with Crippen molar-refractivity contribution in [3.63, 3.8) is 0 Å². The van der Waals surface area contributed by atoms with E-state index in [2.05, 4.69) is 0 Å². The highest BCUT2D eigenvalue weighted by atomic mass is 32.1. The van der Waals surface area contributed by atoms with E-state index in [0.29, 0.717) is 5.75 Å². The maximum Gasteiger partial charge on any atom is 0.133 e. The van der Waals surface area contributed by atoms with Crippen molar-refractivity contribution in [1.29, 1.82) is 0 Å². The Bertz CT molecular complexity index is 563. The molecule has 0 amide bonds. The van der Waals surface area contributed by atoms with Crippen molar-refractivity contribution in [3.05, 3.63) is 51.0 Å². The highest BCUT2D eigenvalue weighted by molar-refractivity contribution is 7.12. The lowest BCUT2D eigenvalue weighted by Gasteiger charge is -2.12. The highest BCUT2D eigenvalue weighted by Gasteiger charge is 2.19. The molecule has 18 heavy (non-hydrogen) atoms. The number of methoxy groups -OCH3 is 1. The Kier molecular flexibility index (Phi) is 3.68. The van der Waals surface area contributed by atoms with E-state index in [4.69, 9.17) is 4.74 Å². The van der Waals surface area contributed by atoms with Crippen LogP contribution < -0.4 is 4.74 Å². The lowest BCUT2D eigenvalue weighted by molar-refractivity contribution is 0.218. The van der Waals surface area contributed by atoms with Crippen molar-refractivity contribution < 1.29 is 14.2 Å². The number of benzene rings is 1. The molecule has 96 valence electrons. The fourth-order valence-corrected chi connectivity index (χ4v) is 2.97. The van der Waals surface area contributed by atoms with Gasteiger partial charge in [-0.05, 0) is 37.6 Å². The molecule has 1 unspecified atom stereocenters. The summed E-state index contributed by atoms with van der Waals surface area (Å²) in [6.45, 7) is 3.89. The first-order valence-corrected chi connectivity index (χ1v) is 6.43. The summed E-state index contributed by atoms with van der Waals surface area (Å²) in [5.74, 6) is -0.00478. The van der Waals surface area contributed by atoms with Crippen LogP contribution in [0.2, 0.25) is 0 Å². The number of halogens is 1. The van der Waals surface area contributed by atoms with Gasteiger partial charge in [-0.2, -0.15) is 0 Å². The van der Waals surface area contributed by atoms with Crippen LogP contribution in [0.15, 0.2) is 24.3 Å². The van der Waals surface area contributed by atoms with Crippen molar-refractivity contribution in [2.75, 3.05) is 7.11 Å². The molecule has 0 spiro atoms. The number of rotatable bonds is 3. The summed E-state index contributed by atoms with van der Waals surface area (Å²) < 4.78 is 18.8. The van der Waals surface area contributed by atoms with E-state index >= 15 is 0 Å². The molecule has 0 aliphatic heterocycles. The molecule has 1 aromatic carbocycles. The zero-order chi connectivity index (χ0) is 13.3. The van der Waals surface area contributed by atoms with E-state index in [1.54, 1.807) is 12.1 Å². The molecule has 0 fully saturated rings. The van der Waals surface area contributed by atoms with Gasteiger partial charge in [0, 0.05) is 21.4 Å². The van der Waals surface area contributed by atoms with E-state index in [1.807, 2.05) is 19.9 Å². The van der Waals surface area contributed by atoms with E-state index in [0.717, 1.165) is 15.3 Å². The van der Waals surface area contributed by atoms with Gasteiger partial charge in [0.1, 0.15) is 17.7 Å². The van der Waals surface area contributed by atoms with Crippen LogP contribution in [0.4, 0.5) is 4.39 Å². The molecule has 1 N–H and O–H groups in total. The van der Waals surface area contributed by atoms with Crippen LogP contribution in [-0.4, -0.2) is 12.2 Å². The molecule has 0 saturated carbocycles. The van der Waals surface area contributed by atoms with Crippen molar-refractivity contribution in [3.8, 4) is 5.75 Å². The quantitative estimate of drug-likeness (QED) is 0.920. The van der Waals surface area contributed by atoms with Gasteiger partial charge in [-0.3, -0.25) is 0 Å². The van der Waals surface area contributed by atoms with Crippen LogP contribution in [0.5, 0.6) is 5.75 Å². The first kappa shape index (κ1) is 13.1. The monoisotopic (exact) mass is 266 g/mol. The molecule has 1 heterocycles. The number of ether oxygens (including phenoxy) is 1. The van der Waals surface area contributed by atoms with Crippen LogP contribution in [0.3, 0.4) is 0 Å². The molecular formula is C14H15FO2S. The minimum Gasteiger partial charge on any atom is -0.497 e. The van der Waals surface area contributed by atoms with Gasteiger partial charge in [0.25, 0.3) is 0 Å². The topological polar surface area (TPSA) is 29.5 Å². The zero-order valence-corrected chi connectivity index (χ0v) is 11.3. The van der Waals surface area contributed by atoms with E-state index < -0.39 is 11.9 Å². The van der Waals surface area contributed by atoms with Crippen LogP contribution in [0, 0.1) is 19.7 Å². The Morgan fingerprint density at radius 1 is 1.28 bits per heavy atom. The van der Waals surface area contributed by atoms with Crippen LogP contribution in [-0.2, 0) is 0 Å². The Labute approximate surface area is 110 Å². The predicted octanol–water partition coefficient (Wildman–Crippen LogP) is 3.59. The predicted molar refractivity (Wildman–Crippen MR) is 70.8 cm³/mol. The second-order valence-corrected chi connectivity index (χ2v) is 5.48. The third-order valence-electron chi connectivity index (χ3n) is 2.83. The largest absolute Gasteiger partial charge is 0.497 e. The SMILES string of the molecule is COc1ccc(C(O)c2sc(C)cc2C)c(F)c1. The molecule has 2 aromatic rings. The third-order valence-corrected chi connectivity index (χ3v) is 4.03. The van der Waals surface area contributed by atoms with E-state index in [1.165, 1.54) is 24.5 Å². The van der Waals surface area contributed by atoms with Crippen molar-refractivity contribution >= 4 is 11.3 Å². The highest BCUT2D eigenvalue weighted by Crippen LogP contribution is 2.33. The molecule has 0 bridgehead atoms. The summed E-state index contributed by atoms with van der Waals surface area (Å²) in [4.78, 5) is 1.90. The Hall–Kier alpha value is -1.39. The maximum atomic E-state index is 13.9. The van der Waals surface area contributed by atoms with Gasteiger partial charge in [-0.25, -0.2) is 4.39 Å². The average Bonchev–Trinajstić information content (AvgIpc) is 2.67. The van der Waals surface area contributed by atoms with Crippen LogP contribution in [0.1, 0.15) is 27.0 Å². The van der Waals surface area contributed by atoms with E-state index in [-0.39, 0.29) is 5.56 Å². The van der Waals surface area contributed by atoms with Crippen LogP contribution >= 0.6 is 11.3 Å². The minimum absolute atomic E-state index is 0.278. The van der Waals surface area contributed by atoms with Gasteiger partial charge in [-0.1, -0.05) is 0 Å². The molecule has 2 rings (SSSR count). The lowest BCUT2D eigenvalue weighted by atomic mass is 10.0. The fraction of sp³-hybridized carbons (Fsp3) is 0.286. The number of thiophene rings is 1. The van der Waals surface area contributed by atoms with Crippen molar-refractivity contribution in [1.82, 2.24) is 0 Å². The third kappa shape index (κ3) is 2.40. The van der Waals surface area contributed by atoms with E-state index in [9.17, 15) is 9.50 Å². The van der Waals surface area contributed by atoms with Gasteiger partial charge in [0.05, 0.1) is 7.11 Å². The number of aliphatic hydroxyl groups is 1. The Balaban J connectivity index is 2.39. The number of aliphatic hydroxyl groups excluding tert-OH is 1. The zero-order valence-electron chi connectivity index (χ0n) is 10.5. The normalized spacial score (nSPS) is 12.5. The molecule has 4 heteroatoms. The molecule has 1 atom stereocenters. The number of hydrogen-bond acceptors (Lipinski definition) is 3. The summed E-state index contributed by atoms with van der Waals surface area (Å²) in [7, 11) is 1.48. The smallest absolute Gasteiger partial charge is 0.133 e. The number of aryl methyl sites for hydroxylation is 2. The van der Waals surface area contributed by atoms with Crippen molar-refractivity contribution in [2.24, 2.45) is 0 Å². The molecule has 0 aliphatic rings. The summed E-state index contributed by atoms with van der Waals surface area (Å²) in [6, 6.07) is 6.49. The van der Waals surface area contributed by atoms with Gasteiger partial charge in [0.2, 0.25) is 0 Å². The minimum atomic E-state index is -0.922.